The third-order valence-corrected chi connectivity index (χ3v) is 7.32. The number of H-pyrrole nitrogens is 1. The quantitative estimate of drug-likeness (QED) is 0.462. The minimum absolute atomic E-state index is 0.0555. The molecule has 1 aliphatic rings. The molecule has 4 rings (SSSR count). The highest BCUT2D eigenvalue weighted by Crippen LogP contribution is 2.43. The SMILES string of the molecule is CN(C)C1(c2ccccc2)CCC(COCc2c(C(C)(C)C)[nH]c3ccc(F)cc23)CC1. The molecule has 0 unspecified atom stereocenters. The highest BCUT2D eigenvalue weighted by atomic mass is 19.1. The number of aromatic amines is 1. The van der Waals surface area contributed by atoms with E-state index in [4.69, 9.17) is 4.74 Å². The molecule has 2 aromatic carbocycles. The van der Waals surface area contributed by atoms with Gasteiger partial charge in [0.25, 0.3) is 0 Å². The van der Waals surface area contributed by atoms with E-state index in [-0.39, 0.29) is 16.8 Å². The van der Waals surface area contributed by atoms with E-state index in [2.05, 4.69) is 75.1 Å². The summed E-state index contributed by atoms with van der Waals surface area (Å²) in [6, 6.07) is 15.9. The Kier molecular flexibility index (Phi) is 6.46. The van der Waals surface area contributed by atoms with Crippen LogP contribution < -0.4 is 0 Å². The Hall–Kier alpha value is -2.17. The summed E-state index contributed by atoms with van der Waals surface area (Å²) in [6.45, 7) is 7.82. The molecule has 1 aromatic heterocycles. The predicted molar refractivity (Wildman–Crippen MR) is 130 cm³/mol. The van der Waals surface area contributed by atoms with Gasteiger partial charge in [0.05, 0.1) is 6.61 Å². The van der Waals surface area contributed by atoms with Crippen LogP contribution in [0.3, 0.4) is 0 Å². The first kappa shape index (κ1) is 23.0. The average molecular weight is 437 g/mol. The molecule has 1 heterocycles. The van der Waals surface area contributed by atoms with Crippen LogP contribution >= 0.6 is 0 Å². The smallest absolute Gasteiger partial charge is 0.123 e. The molecule has 32 heavy (non-hydrogen) atoms. The number of nitrogens with zero attached hydrogens (tertiary/aromatic N) is 1. The molecule has 0 radical (unpaired) electrons. The van der Waals surface area contributed by atoms with Gasteiger partial charge in [-0.3, -0.25) is 4.90 Å². The van der Waals surface area contributed by atoms with Crippen molar-refractivity contribution >= 4 is 10.9 Å². The van der Waals surface area contributed by atoms with Crippen molar-refractivity contribution in [1.29, 1.82) is 0 Å². The summed E-state index contributed by atoms with van der Waals surface area (Å²) in [5.74, 6) is 0.359. The molecule has 172 valence electrons. The van der Waals surface area contributed by atoms with Crippen molar-refractivity contribution in [2.75, 3.05) is 20.7 Å². The van der Waals surface area contributed by atoms with Crippen molar-refractivity contribution in [1.82, 2.24) is 9.88 Å². The van der Waals surface area contributed by atoms with Crippen molar-refractivity contribution in [2.24, 2.45) is 5.92 Å². The molecule has 1 N–H and O–H groups in total. The first-order chi connectivity index (χ1) is 15.2. The fourth-order valence-corrected chi connectivity index (χ4v) is 5.40. The third-order valence-electron chi connectivity index (χ3n) is 7.32. The van der Waals surface area contributed by atoms with Gasteiger partial charge in [-0.05, 0) is 69.5 Å². The summed E-state index contributed by atoms with van der Waals surface area (Å²) in [4.78, 5) is 5.91. The Balaban J connectivity index is 1.43. The fraction of sp³-hybridized carbons (Fsp3) is 0.500. The van der Waals surface area contributed by atoms with Crippen molar-refractivity contribution in [3.05, 3.63) is 71.2 Å². The van der Waals surface area contributed by atoms with Crippen LogP contribution in [0.2, 0.25) is 0 Å². The Labute approximate surface area is 192 Å². The van der Waals surface area contributed by atoms with E-state index in [9.17, 15) is 4.39 Å². The molecular weight excluding hydrogens is 399 g/mol. The maximum absolute atomic E-state index is 14.0. The maximum atomic E-state index is 14.0. The molecular formula is C28H37FN2O. The van der Waals surface area contributed by atoms with Gasteiger partial charge in [0.2, 0.25) is 0 Å². The van der Waals surface area contributed by atoms with E-state index < -0.39 is 0 Å². The van der Waals surface area contributed by atoms with Crippen molar-refractivity contribution in [3.63, 3.8) is 0 Å². The molecule has 3 aromatic rings. The van der Waals surface area contributed by atoms with E-state index >= 15 is 0 Å². The second-order valence-corrected chi connectivity index (χ2v) is 10.7. The molecule has 1 fully saturated rings. The Morgan fingerprint density at radius 3 is 2.38 bits per heavy atom. The molecule has 1 aliphatic carbocycles. The minimum Gasteiger partial charge on any atom is -0.376 e. The zero-order valence-electron chi connectivity index (χ0n) is 20.2. The minimum atomic E-state index is -0.202. The molecule has 0 atom stereocenters. The molecule has 3 nitrogen and oxygen atoms in total. The number of nitrogens with one attached hydrogen (secondary N) is 1. The lowest BCUT2D eigenvalue weighted by molar-refractivity contribution is 0.0287. The summed E-state index contributed by atoms with van der Waals surface area (Å²) < 4.78 is 20.2. The lowest BCUT2D eigenvalue weighted by Gasteiger charge is -2.45. The molecule has 0 bridgehead atoms. The highest BCUT2D eigenvalue weighted by Gasteiger charge is 2.38. The van der Waals surface area contributed by atoms with Gasteiger partial charge >= 0.3 is 0 Å². The van der Waals surface area contributed by atoms with Crippen molar-refractivity contribution in [2.45, 2.75) is 64.0 Å². The lowest BCUT2D eigenvalue weighted by Crippen LogP contribution is -2.44. The van der Waals surface area contributed by atoms with Gasteiger partial charge in [-0.15, -0.1) is 0 Å². The molecule has 1 saturated carbocycles. The van der Waals surface area contributed by atoms with Crippen LogP contribution in [-0.2, 0) is 22.3 Å². The normalized spacial score (nSPS) is 22.0. The monoisotopic (exact) mass is 436 g/mol. The first-order valence-corrected chi connectivity index (χ1v) is 11.8. The molecule has 0 amide bonds. The van der Waals surface area contributed by atoms with E-state index in [1.54, 1.807) is 6.07 Å². The van der Waals surface area contributed by atoms with Gasteiger partial charge in [0.15, 0.2) is 0 Å². The zero-order valence-corrected chi connectivity index (χ0v) is 20.2. The standard InChI is InChI=1S/C28H37FN2O/c1-27(2,3)26-24(23-17-22(29)11-12-25(23)30-26)19-32-18-20-13-15-28(16-14-20,31(4)5)21-9-7-6-8-10-21/h6-12,17,20,30H,13-16,18-19H2,1-5H3. The van der Waals surface area contributed by atoms with E-state index in [1.165, 1.54) is 11.6 Å². The van der Waals surface area contributed by atoms with E-state index in [0.717, 1.165) is 54.5 Å². The zero-order chi connectivity index (χ0) is 22.9. The number of rotatable bonds is 6. The largest absolute Gasteiger partial charge is 0.376 e. The van der Waals surface area contributed by atoms with Crippen LogP contribution in [0, 0.1) is 11.7 Å². The van der Waals surface area contributed by atoms with Crippen LogP contribution in [0.25, 0.3) is 10.9 Å². The van der Waals surface area contributed by atoms with Crippen LogP contribution in [0.15, 0.2) is 48.5 Å². The number of hydrogen-bond donors (Lipinski definition) is 1. The van der Waals surface area contributed by atoms with Crippen LogP contribution in [0.4, 0.5) is 4.39 Å². The van der Waals surface area contributed by atoms with E-state index in [0.29, 0.717) is 12.5 Å². The van der Waals surface area contributed by atoms with Crippen LogP contribution in [-0.4, -0.2) is 30.6 Å². The predicted octanol–water partition coefficient (Wildman–Crippen LogP) is 6.77. The van der Waals surface area contributed by atoms with Gasteiger partial charge in [0.1, 0.15) is 5.82 Å². The van der Waals surface area contributed by atoms with Gasteiger partial charge < -0.3 is 9.72 Å². The summed E-state index contributed by atoms with van der Waals surface area (Å²) in [6.07, 6.45) is 4.59. The number of aromatic nitrogens is 1. The van der Waals surface area contributed by atoms with Gasteiger partial charge in [-0.25, -0.2) is 4.39 Å². The van der Waals surface area contributed by atoms with Crippen molar-refractivity contribution in [3.8, 4) is 0 Å². The van der Waals surface area contributed by atoms with Crippen molar-refractivity contribution < 1.29 is 9.13 Å². The van der Waals surface area contributed by atoms with Gasteiger partial charge in [0, 0.05) is 39.7 Å². The lowest BCUT2D eigenvalue weighted by atomic mass is 9.72. The number of benzene rings is 2. The van der Waals surface area contributed by atoms with E-state index in [1.807, 2.05) is 6.07 Å². The number of fused-ring (bicyclic) bond motifs is 1. The van der Waals surface area contributed by atoms with Gasteiger partial charge in [-0.1, -0.05) is 51.1 Å². The Bertz CT molecular complexity index is 1040. The summed E-state index contributed by atoms with van der Waals surface area (Å²) in [5, 5.41) is 0.939. The number of halogens is 1. The Morgan fingerprint density at radius 2 is 1.75 bits per heavy atom. The summed E-state index contributed by atoms with van der Waals surface area (Å²) in [7, 11) is 4.40. The second-order valence-electron chi connectivity index (χ2n) is 10.7. The first-order valence-electron chi connectivity index (χ1n) is 11.8. The molecule has 4 heteroatoms. The molecule has 0 saturated heterocycles. The van der Waals surface area contributed by atoms with Crippen LogP contribution in [0.1, 0.15) is 63.3 Å². The topological polar surface area (TPSA) is 28.3 Å². The third kappa shape index (κ3) is 4.49. The summed E-state index contributed by atoms with van der Waals surface area (Å²) >= 11 is 0. The summed E-state index contributed by atoms with van der Waals surface area (Å²) in [5.41, 5.74) is 4.68. The molecule has 0 aliphatic heterocycles. The second kappa shape index (κ2) is 8.99. The molecule has 0 spiro atoms. The average Bonchev–Trinajstić information content (AvgIpc) is 3.13. The number of hydrogen-bond acceptors (Lipinski definition) is 2. The Morgan fingerprint density at radius 1 is 1.06 bits per heavy atom. The maximum Gasteiger partial charge on any atom is 0.123 e. The van der Waals surface area contributed by atoms with Gasteiger partial charge in [-0.2, -0.15) is 0 Å². The highest BCUT2D eigenvalue weighted by molar-refractivity contribution is 5.85. The number of ether oxygens (including phenoxy) is 1. The van der Waals surface area contributed by atoms with Crippen LogP contribution in [0.5, 0.6) is 0 Å². The fourth-order valence-electron chi connectivity index (χ4n) is 5.40.